The predicted molar refractivity (Wildman–Crippen MR) is 121 cm³/mol. The molecule has 1 N–H and O–H groups in total. The second-order valence-corrected chi connectivity index (χ2v) is 8.93. The van der Waals surface area contributed by atoms with Gasteiger partial charge in [0.05, 0.1) is 5.92 Å². The average molecular weight is 439 g/mol. The molecule has 0 radical (unpaired) electrons. The van der Waals surface area contributed by atoms with Crippen molar-refractivity contribution in [1.82, 2.24) is 24.8 Å². The molecule has 7 nitrogen and oxygen atoms in total. The molecule has 162 valence electrons. The maximum atomic E-state index is 12.9. The first-order valence-corrected chi connectivity index (χ1v) is 11.5. The molecule has 1 amide bonds. The summed E-state index contributed by atoms with van der Waals surface area (Å²) < 4.78 is 2.26. The monoisotopic (exact) mass is 438 g/mol. The lowest BCUT2D eigenvalue weighted by atomic mass is 9.97. The summed E-state index contributed by atoms with van der Waals surface area (Å²) in [4.78, 5) is 29.1. The highest BCUT2D eigenvalue weighted by Gasteiger charge is 2.29. The maximum absolute atomic E-state index is 12.9. The van der Waals surface area contributed by atoms with Crippen molar-refractivity contribution < 1.29 is 4.79 Å². The van der Waals surface area contributed by atoms with Gasteiger partial charge in [-0.15, -0.1) is 0 Å². The van der Waals surface area contributed by atoms with Gasteiger partial charge in [0.2, 0.25) is 5.91 Å². The van der Waals surface area contributed by atoms with Crippen LogP contribution >= 0.6 is 11.6 Å². The molecule has 1 fully saturated rings. The van der Waals surface area contributed by atoms with E-state index in [1.54, 1.807) is 6.33 Å². The number of carbonyl (C=O) groups excluding carboxylic acids is 1. The van der Waals surface area contributed by atoms with Gasteiger partial charge in [-0.3, -0.25) is 4.79 Å². The van der Waals surface area contributed by atoms with Gasteiger partial charge in [-0.05, 0) is 43.4 Å². The molecular weight excluding hydrogens is 412 g/mol. The zero-order valence-electron chi connectivity index (χ0n) is 17.6. The SMILES string of the molecule is O=C(NCc1ccc(Cl)cc1)[C@@H]1CCCN(c2ncnc3c2nc2n3CCCCC2)C1. The van der Waals surface area contributed by atoms with Gasteiger partial charge in [0.15, 0.2) is 17.0 Å². The van der Waals surface area contributed by atoms with Crippen LogP contribution in [0.15, 0.2) is 30.6 Å². The van der Waals surface area contributed by atoms with Crippen LogP contribution in [0.3, 0.4) is 0 Å². The summed E-state index contributed by atoms with van der Waals surface area (Å²) >= 11 is 5.94. The molecule has 0 bridgehead atoms. The number of halogens is 1. The Morgan fingerprint density at radius 2 is 1.97 bits per heavy atom. The van der Waals surface area contributed by atoms with E-state index in [4.69, 9.17) is 16.6 Å². The van der Waals surface area contributed by atoms with Crippen molar-refractivity contribution >= 4 is 34.5 Å². The van der Waals surface area contributed by atoms with Gasteiger partial charge in [0, 0.05) is 37.6 Å². The number of imidazole rings is 1. The lowest BCUT2D eigenvalue weighted by Gasteiger charge is -2.32. The normalized spacial score (nSPS) is 19.1. The zero-order valence-corrected chi connectivity index (χ0v) is 18.3. The highest BCUT2D eigenvalue weighted by Crippen LogP contribution is 2.29. The number of fused-ring (bicyclic) bond motifs is 3. The fraction of sp³-hybridized carbons (Fsp3) is 0.478. The number of piperidine rings is 1. The van der Waals surface area contributed by atoms with E-state index in [2.05, 4.69) is 24.8 Å². The predicted octanol–water partition coefficient (Wildman–Crippen LogP) is 3.74. The van der Waals surface area contributed by atoms with Crippen molar-refractivity contribution in [3.63, 3.8) is 0 Å². The zero-order chi connectivity index (χ0) is 21.2. The van der Waals surface area contributed by atoms with E-state index in [1.165, 1.54) is 12.8 Å². The standard InChI is InChI=1S/C23H27ClN6O/c24-18-9-7-16(8-10-18)13-25-23(31)17-5-4-11-29(14-17)21-20-22(27-15-26-21)30-12-3-1-2-6-19(30)28-20/h7-10,15,17H,1-6,11-14H2,(H,25,31)/t17-/m1/s1. The number of anilines is 1. The van der Waals surface area contributed by atoms with Crippen LogP contribution in [0.1, 0.15) is 43.5 Å². The Balaban J connectivity index is 1.31. The van der Waals surface area contributed by atoms with Crippen molar-refractivity contribution in [3.8, 4) is 0 Å². The molecule has 3 aromatic rings. The second-order valence-electron chi connectivity index (χ2n) is 8.49. The third kappa shape index (κ3) is 4.24. The van der Waals surface area contributed by atoms with Crippen LogP contribution in [0, 0.1) is 5.92 Å². The molecule has 0 aliphatic carbocycles. The number of amides is 1. The molecular formula is C23H27ClN6O. The summed E-state index contributed by atoms with van der Waals surface area (Å²) in [6.45, 7) is 3.02. The Hall–Kier alpha value is -2.67. The minimum atomic E-state index is -0.0634. The van der Waals surface area contributed by atoms with Crippen molar-refractivity contribution in [2.24, 2.45) is 5.92 Å². The first-order valence-electron chi connectivity index (χ1n) is 11.2. The molecule has 0 saturated carbocycles. The topological polar surface area (TPSA) is 75.9 Å². The van der Waals surface area contributed by atoms with Crippen LogP contribution in [-0.4, -0.2) is 38.5 Å². The van der Waals surface area contributed by atoms with Gasteiger partial charge in [-0.25, -0.2) is 15.0 Å². The minimum Gasteiger partial charge on any atom is -0.354 e. The van der Waals surface area contributed by atoms with Crippen molar-refractivity contribution in [3.05, 3.63) is 47.0 Å². The summed E-state index contributed by atoms with van der Waals surface area (Å²) in [5.41, 5.74) is 2.85. The second kappa shape index (κ2) is 8.83. The number of aryl methyl sites for hydroxylation is 2. The van der Waals surface area contributed by atoms with Gasteiger partial charge >= 0.3 is 0 Å². The number of nitrogens with one attached hydrogen (secondary N) is 1. The van der Waals surface area contributed by atoms with Gasteiger partial charge < -0.3 is 14.8 Å². The van der Waals surface area contributed by atoms with Gasteiger partial charge in [0.25, 0.3) is 0 Å². The summed E-state index contributed by atoms with van der Waals surface area (Å²) in [5, 5.41) is 3.78. The Bertz CT molecular complexity index is 1080. The fourth-order valence-corrected chi connectivity index (χ4v) is 4.80. The third-order valence-electron chi connectivity index (χ3n) is 6.35. The lowest BCUT2D eigenvalue weighted by molar-refractivity contribution is -0.125. The largest absolute Gasteiger partial charge is 0.354 e. The van der Waals surface area contributed by atoms with Crippen LogP contribution in [0.5, 0.6) is 0 Å². The fourth-order valence-electron chi connectivity index (χ4n) is 4.68. The lowest BCUT2D eigenvalue weighted by Crippen LogP contribution is -2.43. The molecule has 0 spiro atoms. The van der Waals surface area contributed by atoms with Crippen molar-refractivity contribution in [2.75, 3.05) is 18.0 Å². The smallest absolute Gasteiger partial charge is 0.225 e. The third-order valence-corrected chi connectivity index (χ3v) is 6.60. The number of hydrogen-bond acceptors (Lipinski definition) is 5. The molecule has 1 atom stereocenters. The summed E-state index contributed by atoms with van der Waals surface area (Å²) in [6.07, 6.45) is 8.05. The molecule has 2 aliphatic rings. The van der Waals surface area contributed by atoms with E-state index in [0.717, 1.165) is 67.1 Å². The van der Waals surface area contributed by atoms with Crippen LogP contribution in [0.4, 0.5) is 5.82 Å². The highest BCUT2D eigenvalue weighted by molar-refractivity contribution is 6.30. The Kier molecular flexibility index (Phi) is 5.76. The number of aromatic nitrogens is 4. The molecule has 31 heavy (non-hydrogen) atoms. The first-order chi connectivity index (χ1) is 15.2. The van der Waals surface area contributed by atoms with E-state index < -0.39 is 0 Å². The summed E-state index contributed by atoms with van der Waals surface area (Å²) in [6, 6.07) is 7.57. The number of hydrogen-bond donors (Lipinski definition) is 1. The van der Waals surface area contributed by atoms with E-state index in [-0.39, 0.29) is 11.8 Å². The van der Waals surface area contributed by atoms with E-state index in [1.807, 2.05) is 24.3 Å². The van der Waals surface area contributed by atoms with Gasteiger partial charge in [-0.1, -0.05) is 30.2 Å². The van der Waals surface area contributed by atoms with E-state index >= 15 is 0 Å². The summed E-state index contributed by atoms with van der Waals surface area (Å²) in [5.74, 6) is 2.00. The molecule has 2 aromatic heterocycles. The number of rotatable bonds is 4. The minimum absolute atomic E-state index is 0.0634. The Morgan fingerprint density at radius 1 is 1.10 bits per heavy atom. The highest BCUT2D eigenvalue weighted by atomic mass is 35.5. The van der Waals surface area contributed by atoms with E-state index in [9.17, 15) is 4.79 Å². The number of carbonyl (C=O) groups is 1. The van der Waals surface area contributed by atoms with Crippen molar-refractivity contribution in [2.45, 2.75) is 51.6 Å². The average Bonchev–Trinajstić information content (AvgIpc) is 2.99. The van der Waals surface area contributed by atoms with Crippen LogP contribution < -0.4 is 10.2 Å². The van der Waals surface area contributed by atoms with Gasteiger partial charge in [-0.2, -0.15) is 0 Å². The first kappa shape index (κ1) is 20.2. The molecule has 2 aliphatic heterocycles. The Labute approximate surface area is 186 Å². The molecule has 1 saturated heterocycles. The van der Waals surface area contributed by atoms with Crippen LogP contribution in [-0.2, 0) is 24.3 Å². The molecule has 1 aromatic carbocycles. The number of nitrogens with zero attached hydrogens (tertiary/aromatic N) is 5. The van der Waals surface area contributed by atoms with Crippen LogP contribution in [0.25, 0.3) is 11.2 Å². The molecule has 8 heteroatoms. The summed E-state index contributed by atoms with van der Waals surface area (Å²) in [7, 11) is 0. The van der Waals surface area contributed by atoms with Crippen LogP contribution in [0.2, 0.25) is 5.02 Å². The Morgan fingerprint density at radius 3 is 2.84 bits per heavy atom. The molecule has 4 heterocycles. The molecule has 0 unspecified atom stereocenters. The maximum Gasteiger partial charge on any atom is 0.225 e. The van der Waals surface area contributed by atoms with E-state index in [0.29, 0.717) is 18.1 Å². The van der Waals surface area contributed by atoms with Gasteiger partial charge in [0.1, 0.15) is 12.2 Å². The quantitative estimate of drug-likeness (QED) is 0.671. The molecule has 5 rings (SSSR count). The van der Waals surface area contributed by atoms with Crippen molar-refractivity contribution in [1.29, 1.82) is 0 Å². The number of benzene rings is 1.